The van der Waals surface area contributed by atoms with Crippen LogP contribution in [-0.2, 0) is 0 Å². The zero-order valence-corrected chi connectivity index (χ0v) is 13.6. The number of methoxy groups -OCH3 is 1. The number of aromatic nitrogens is 1. The summed E-state index contributed by atoms with van der Waals surface area (Å²) in [6, 6.07) is 21.2. The number of rotatable bonds is 5. The van der Waals surface area contributed by atoms with Crippen molar-refractivity contribution >= 4 is 0 Å². The van der Waals surface area contributed by atoms with Gasteiger partial charge in [0.1, 0.15) is 5.75 Å². The van der Waals surface area contributed by atoms with Gasteiger partial charge in [0.25, 0.3) is 0 Å². The van der Waals surface area contributed by atoms with E-state index in [4.69, 9.17) is 4.74 Å². The SMILES string of the molecule is CCC(c1ccncc1)c1ccc(-c2cccc(OC)c2)cc1. The molecule has 2 aromatic carbocycles. The Balaban J connectivity index is 1.89. The summed E-state index contributed by atoms with van der Waals surface area (Å²) in [6.45, 7) is 2.22. The number of hydrogen-bond acceptors (Lipinski definition) is 2. The second-order valence-electron chi connectivity index (χ2n) is 5.60. The van der Waals surface area contributed by atoms with E-state index in [0.717, 1.165) is 12.2 Å². The highest BCUT2D eigenvalue weighted by Crippen LogP contribution is 2.30. The maximum atomic E-state index is 5.31. The van der Waals surface area contributed by atoms with Crippen molar-refractivity contribution in [1.82, 2.24) is 4.98 Å². The van der Waals surface area contributed by atoms with E-state index in [1.165, 1.54) is 22.3 Å². The highest BCUT2D eigenvalue weighted by atomic mass is 16.5. The van der Waals surface area contributed by atoms with Gasteiger partial charge < -0.3 is 4.74 Å². The summed E-state index contributed by atoms with van der Waals surface area (Å²) < 4.78 is 5.31. The standard InChI is InChI=1S/C21H21NO/c1-3-21(18-11-13-22-14-12-18)17-9-7-16(8-10-17)19-5-4-6-20(15-19)23-2/h4-15,21H,3H2,1-2H3. The van der Waals surface area contributed by atoms with Gasteiger partial charge in [0, 0.05) is 18.3 Å². The number of benzene rings is 2. The summed E-state index contributed by atoms with van der Waals surface area (Å²) in [6.07, 6.45) is 4.80. The average molecular weight is 303 g/mol. The summed E-state index contributed by atoms with van der Waals surface area (Å²) in [4.78, 5) is 4.11. The molecule has 0 bridgehead atoms. The normalized spacial score (nSPS) is 11.9. The van der Waals surface area contributed by atoms with E-state index in [9.17, 15) is 0 Å². The van der Waals surface area contributed by atoms with Crippen molar-refractivity contribution in [1.29, 1.82) is 0 Å². The second-order valence-corrected chi connectivity index (χ2v) is 5.60. The molecule has 0 saturated carbocycles. The van der Waals surface area contributed by atoms with Crippen LogP contribution in [0, 0.1) is 0 Å². The maximum Gasteiger partial charge on any atom is 0.119 e. The lowest BCUT2D eigenvalue weighted by atomic mass is 9.89. The van der Waals surface area contributed by atoms with Crippen molar-refractivity contribution in [3.63, 3.8) is 0 Å². The lowest BCUT2D eigenvalue weighted by Gasteiger charge is -2.16. The number of hydrogen-bond donors (Lipinski definition) is 0. The van der Waals surface area contributed by atoms with Crippen LogP contribution in [0.25, 0.3) is 11.1 Å². The predicted molar refractivity (Wildman–Crippen MR) is 94.8 cm³/mol. The molecule has 0 radical (unpaired) electrons. The molecule has 1 unspecified atom stereocenters. The largest absolute Gasteiger partial charge is 0.497 e. The molecule has 1 atom stereocenters. The minimum atomic E-state index is 0.414. The van der Waals surface area contributed by atoms with Crippen LogP contribution in [0.5, 0.6) is 5.75 Å². The molecular formula is C21H21NO. The highest BCUT2D eigenvalue weighted by Gasteiger charge is 2.12. The first-order valence-corrected chi connectivity index (χ1v) is 7.96. The Bertz CT molecular complexity index is 750. The van der Waals surface area contributed by atoms with Crippen LogP contribution in [0.3, 0.4) is 0 Å². The fraction of sp³-hybridized carbons (Fsp3) is 0.190. The molecule has 0 amide bonds. The van der Waals surface area contributed by atoms with Crippen LogP contribution in [0.2, 0.25) is 0 Å². The first kappa shape index (κ1) is 15.3. The van der Waals surface area contributed by atoms with Crippen molar-refractivity contribution in [2.75, 3.05) is 7.11 Å². The third-order valence-electron chi connectivity index (χ3n) is 4.23. The van der Waals surface area contributed by atoms with Gasteiger partial charge in [-0.1, -0.05) is 43.3 Å². The van der Waals surface area contributed by atoms with Crippen molar-refractivity contribution in [2.24, 2.45) is 0 Å². The van der Waals surface area contributed by atoms with Gasteiger partial charge in [0.15, 0.2) is 0 Å². The molecule has 0 saturated heterocycles. The molecule has 3 rings (SSSR count). The Hall–Kier alpha value is -2.61. The number of ether oxygens (including phenoxy) is 1. The first-order chi connectivity index (χ1) is 11.3. The van der Waals surface area contributed by atoms with Crippen LogP contribution < -0.4 is 4.74 Å². The molecule has 3 aromatic rings. The zero-order chi connectivity index (χ0) is 16.1. The van der Waals surface area contributed by atoms with E-state index >= 15 is 0 Å². The van der Waals surface area contributed by atoms with Crippen LogP contribution in [0.4, 0.5) is 0 Å². The van der Waals surface area contributed by atoms with Gasteiger partial charge >= 0.3 is 0 Å². The molecule has 0 fully saturated rings. The van der Waals surface area contributed by atoms with E-state index in [-0.39, 0.29) is 0 Å². The van der Waals surface area contributed by atoms with Gasteiger partial charge in [-0.15, -0.1) is 0 Å². The van der Waals surface area contributed by atoms with Crippen LogP contribution >= 0.6 is 0 Å². The van der Waals surface area contributed by atoms with Crippen molar-refractivity contribution < 1.29 is 4.74 Å². The molecule has 1 heterocycles. The predicted octanol–water partition coefficient (Wildman–Crippen LogP) is 5.30. The lowest BCUT2D eigenvalue weighted by molar-refractivity contribution is 0.415. The quantitative estimate of drug-likeness (QED) is 0.638. The van der Waals surface area contributed by atoms with E-state index in [1.54, 1.807) is 7.11 Å². The molecule has 0 aliphatic rings. The van der Waals surface area contributed by atoms with Gasteiger partial charge in [-0.05, 0) is 52.9 Å². The van der Waals surface area contributed by atoms with Gasteiger partial charge in [0.2, 0.25) is 0 Å². The first-order valence-electron chi connectivity index (χ1n) is 7.96. The highest BCUT2D eigenvalue weighted by molar-refractivity contribution is 5.65. The molecule has 1 aromatic heterocycles. The minimum Gasteiger partial charge on any atom is -0.497 e. The van der Waals surface area contributed by atoms with E-state index in [0.29, 0.717) is 5.92 Å². The minimum absolute atomic E-state index is 0.414. The Morgan fingerprint density at radius 1 is 0.870 bits per heavy atom. The number of pyridine rings is 1. The zero-order valence-electron chi connectivity index (χ0n) is 13.6. The van der Waals surface area contributed by atoms with Gasteiger partial charge in [-0.3, -0.25) is 4.98 Å². The van der Waals surface area contributed by atoms with Crippen LogP contribution in [0.1, 0.15) is 30.4 Å². The Morgan fingerprint density at radius 2 is 1.57 bits per heavy atom. The van der Waals surface area contributed by atoms with Crippen molar-refractivity contribution in [3.05, 3.63) is 84.2 Å². The van der Waals surface area contributed by atoms with Crippen LogP contribution in [-0.4, -0.2) is 12.1 Å². The fourth-order valence-corrected chi connectivity index (χ4v) is 2.97. The fourth-order valence-electron chi connectivity index (χ4n) is 2.97. The average Bonchev–Trinajstić information content (AvgIpc) is 2.64. The smallest absolute Gasteiger partial charge is 0.119 e. The summed E-state index contributed by atoms with van der Waals surface area (Å²) >= 11 is 0. The Labute approximate surface area is 137 Å². The Kier molecular flexibility index (Phi) is 4.72. The second kappa shape index (κ2) is 7.10. The molecule has 2 heteroatoms. The summed E-state index contributed by atoms with van der Waals surface area (Å²) in [5.74, 6) is 1.30. The molecule has 116 valence electrons. The monoisotopic (exact) mass is 303 g/mol. The molecular weight excluding hydrogens is 282 g/mol. The summed E-state index contributed by atoms with van der Waals surface area (Å²) in [5, 5.41) is 0. The summed E-state index contributed by atoms with van der Waals surface area (Å²) in [7, 11) is 1.70. The summed E-state index contributed by atoms with van der Waals surface area (Å²) in [5.41, 5.74) is 5.03. The molecule has 0 N–H and O–H groups in total. The third kappa shape index (κ3) is 3.42. The molecule has 0 spiro atoms. The number of nitrogens with zero attached hydrogens (tertiary/aromatic N) is 1. The molecule has 23 heavy (non-hydrogen) atoms. The maximum absolute atomic E-state index is 5.31. The van der Waals surface area contributed by atoms with Gasteiger partial charge in [0.05, 0.1) is 7.11 Å². The van der Waals surface area contributed by atoms with Gasteiger partial charge in [-0.25, -0.2) is 0 Å². The molecule has 2 nitrogen and oxygen atoms in total. The topological polar surface area (TPSA) is 22.1 Å². The third-order valence-corrected chi connectivity index (χ3v) is 4.23. The molecule has 0 aliphatic carbocycles. The Morgan fingerprint density at radius 3 is 2.22 bits per heavy atom. The van der Waals surface area contributed by atoms with Crippen molar-refractivity contribution in [3.8, 4) is 16.9 Å². The van der Waals surface area contributed by atoms with Crippen LogP contribution in [0.15, 0.2) is 73.1 Å². The van der Waals surface area contributed by atoms with Gasteiger partial charge in [-0.2, -0.15) is 0 Å². The van der Waals surface area contributed by atoms with E-state index < -0.39 is 0 Å². The van der Waals surface area contributed by atoms with E-state index in [1.807, 2.05) is 24.5 Å². The van der Waals surface area contributed by atoms with E-state index in [2.05, 4.69) is 60.4 Å². The van der Waals surface area contributed by atoms with Crippen molar-refractivity contribution in [2.45, 2.75) is 19.3 Å². The molecule has 0 aliphatic heterocycles. The lowest BCUT2D eigenvalue weighted by Crippen LogP contribution is -1.99.